The number of amides is 1. The molecule has 7 nitrogen and oxygen atoms in total. The molecule has 2 aliphatic heterocycles. The number of H-pyrrole nitrogens is 1. The van der Waals surface area contributed by atoms with Crippen molar-refractivity contribution in [1.82, 2.24) is 14.9 Å². The van der Waals surface area contributed by atoms with Crippen molar-refractivity contribution >= 4 is 27.1 Å². The lowest BCUT2D eigenvalue weighted by Gasteiger charge is -2.33. The number of likely N-dealkylation sites (tertiary alicyclic amines) is 1. The van der Waals surface area contributed by atoms with E-state index in [1.54, 1.807) is 4.90 Å². The highest BCUT2D eigenvalue weighted by atomic mass is 32.2. The van der Waals surface area contributed by atoms with Crippen LogP contribution < -0.4 is 5.56 Å². The predicted octanol–water partition coefficient (Wildman–Crippen LogP) is 2.03. The van der Waals surface area contributed by atoms with Crippen LogP contribution in [0.15, 0.2) is 28.4 Å². The van der Waals surface area contributed by atoms with Gasteiger partial charge in [0.25, 0.3) is 5.56 Å². The zero-order valence-corrected chi connectivity index (χ0v) is 17.1. The molecule has 4 rings (SSSR count). The van der Waals surface area contributed by atoms with Crippen molar-refractivity contribution in [3.05, 3.63) is 39.8 Å². The van der Waals surface area contributed by atoms with Gasteiger partial charge in [0.2, 0.25) is 5.91 Å². The summed E-state index contributed by atoms with van der Waals surface area (Å²) < 4.78 is 23.3. The van der Waals surface area contributed by atoms with Gasteiger partial charge in [0.1, 0.15) is 5.82 Å². The molecule has 2 aromatic heterocycles. The molecular weight excluding hydrogens is 398 g/mol. The van der Waals surface area contributed by atoms with Gasteiger partial charge in [-0.3, -0.25) is 9.59 Å². The van der Waals surface area contributed by atoms with Gasteiger partial charge in [-0.15, -0.1) is 11.3 Å². The van der Waals surface area contributed by atoms with Crippen molar-refractivity contribution in [3.8, 4) is 10.6 Å². The molecule has 9 heteroatoms. The lowest BCUT2D eigenvalue weighted by atomic mass is 9.95. The van der Waals surface area contributed by atoms with E-state index in [1.807, 2.05) is 17.5 Å². The molecule has 2 saturated heterocycles. The molecule has 0 spiro atoms. The molecule has 1 amide bonds. The third kappa shape index (κ3) is 4.35. The van der Waals surface area contributed by atoms with Crippen LogP contribution >= 0.6 is 11.3 Å². The van der Waals surface area contributed by atoms with Crippen molar-refractivity contribution in [1.29, 1.82) is 0 Å². The Labute approximate surface area is 167 Å². The van der Waals surface area contributed by atoms with E-state index in [-0.39, 0.29) is 41.2 Å². The molecule has 2 atom stereocenters. The van der Waals surface area contributed by atoms with E-state index < -0.39 is 9.84 Å². The van der Waals surface area contributed by atoms with E-state index in [9.17, 15) is 18.0 Å². The molecule has 0 radical (unpaired) electrons. The Bertz CT molecular complexity index is 1010. The minimum atomic E-state index is -2.98. The summed E-state index contributed by atoms with van der Waals surface area (Å²) in [6, 6.07) is 5.36. The largest absolute Gasteiger partial charge is 0.342 e. The van der Waals surface area contributed by atoms with Gasteiger partial charge < -0.3 is 9.88 Å². The van der Waals surface area contributed by atoms with Crippen molar-refractivity contribution in [3.63, 3.8) is 0 Å². The molecule has 150 valence electrons. The SMILES string of the molecule is O=C(C[C@@H]1CCS(=O)(=O)C1)N1CCC[C@H](c2nc(-c3cccs3)cc(=O)[nH]2)C1. The topological polar surface area (TPSA) is 100 Å². The summed E-state index contributed by atoms with van der Waals surface area (Å²) in [6.45, 7) is 1.18. The third-order valence-electron chi connectivity index (χ3n) is 5.48. The maximum absolute atomic E-state index is 12.7. The molecule has 0 saturated carbocycles. The zero-order valence-electron chi connectivity index (χ0n) is 15.5. The minimum Gasteiger partial charge on any atom is -0.342 e. The van der Waals surface area contributed by atoms with Crippen LogP contribution in [0.25, 0.3) is 10.6 Å². The van der Waals surface area contributed by atoms with Crippen LogP contribution in [0, 0.1) is 5.92 Å². The van der Waals surface area contributed by atoms with Gasteiger partial charge in [-0.05, 0) is 36.6 Å². The molecule has 4 heterocycles. The van der Waals surface area contributed by atoms with Gasteiger partial charge in [0, 0.05) is 31.5 Å². The fourth-order valence-electron chi connectivity index (χ4n) is 4.06. The molecule has 2 aliphatic rings. The summed E-state index contributed by atoms with van der Waals surface area (Å²) in [7, 11) is -2.98. The van der Waals surface area contributed by atoms with Crippen LogP contribution in [0.3, 0.4) is 0 Å². The summed E-state index contributed by atoms with van der Waals surface area (Å²) >= 11 is 1.53. The highest BCUT2D eigenvalue weighted by Crippen LogP contribution is 2.29. The number of carbonyl (C=O) groups is 1. The van der Waals surface area contributed by atoms with Crippen molar-refractivity contribution in [2.24, 2.45) is 5.92 Å². The molecule has 0 bridgehead atoms. The second-order valence-electron chi connectivity index (χ2n) is 7.65. The van der Waals surface area contributed by atoms with Crippen molar-refractivity contribution in [2.45, 2.75) is 31.6 Å². The Hall–Kier alpha value is -2.00. The fourth-order valence-corrected chi connectivity index (χ4v) is 6.60. The first-order valence-electron chi connectivity index (χ1n) is 9.53. The van der Waals surface area contributed by atoms with Crippen LogP contribution in [0.2, 0.25) is 0 Å². The lowest BCUT2D eigenvalue weighted by Crippen LogP contribution is -2.40. The van der Waals surface area contributed by atoms with Crippen LogP contribution in [-0.4, -0.2) is 53.8 Å². The molecule has 0 aliphatic carbocycles. The quantitative estimate of drug-likeness (QED) is 0.814. The number of aromatic amines is 1. The summed E-state index contributed by atoms with van der Waals surface area (Å²) in [5.74, 6) is 0.845. The molecule has 2 aromatic rings. The van der Waals surface area contributed by atoms with Gasteiger partial charge in [-0.25, -0.2) is 13.4 Å². The molecule has 0 aromatic carbocycles. The number of rotatable bonds is 4. The molecule has 1 N–H and O–H groups in total. The first kappa shape index (κ1) is 19.3. The number of piperidine rings is 1. The maximum Gasteiger partial charge on any atom is 0.251 e. The number of hydrogen-bond donors (Lipinski definition) is 1. The van der Waals surface area contributed by atoms with E-state index in [2.05, 4.69) is 9.97 Å². The van der Waals surface area contributed by atoms with Gasteiger partial charge in [-0.2, -0.15) is 0 Å². The van der Waals surface area contributed by atoms with E-state index in [0.717, 1.165) is 17.7 Å². The number of aromatic nitrogens is 2. The number of thiophene rings is 1. The maximum atomic E-state index is 12.7. The Morgan fingerprint density at radius 1 is 1.36 bits per heavy atom. The Morgan fingerprint density at radius 3 is 2.93 bits per heavy atom. The Morgan fingerprint density at radius 2 is 2.21 bits per heavy atom. The monoisotopic (exact) mass is 421 g/mol. The average Bonchev–Trinajstić information content (AvgIpc) is 3.31. The number of hydrogen-bond acceptors (Lipinski definition) is 6. The number of sulfone groups is 1. The second-order valence-corrected chi connectivity index (χ2v) is 10.8. The lowest BCUT2D eigenvalue weighted by molar-refractivity contribution is -0.133. The van der Waals surface area contributed by atoms with E-state index >= 15 is 0 Å². The standard InChI is InChI=1S/C19H23N3O4S2/c23-17-10-15(16-4-2-7-27-16)20-19(21-17)14-3-1-6-22(11-14)18(24)9-13-5-8-28(25,26)12-13/h2,4,7,10,13-14H,1,3,5-6,8-9,11-12H2,(H,20,21,23)/t13-,14-/m0/s1. The van der Waals surface area contributed by atoms with Gasteiger partial charge in [0.05, 0.1) is 22.1 Å². The molecule has 0 unspecified atom stereocenters. The highest BCUT2D eigenvalue weighted by Gasteiger charge is 2.32. The van der Waals surface area contributed by atoms with E-state index in [0.29, 0.717) is 31.0 Å². The number of nitrogens with one attached hydrogen (secondary N) is 1. The Balaban J connectivity index is 1.47. The highest BCUT2D eigenvalue weighted by molar-refractivity contribution is 7.91. The zero-order chi connectivity index (χ0) is 19.7. The fraction of sp³-hybridized carbons (Fsp3) is 0.526. The van der Waals surface area contributed by atoms with Crippen molar-refractivity contribution in [2.75, 3.05) is 24.6 Å². The van der Waals surface area contributed by atoms with Gasteiger partial charge in [-0.1, -0.05) is 6.07 Å². The van der Waals surface area contributed by atoms with E-state index in [4.69, 9.17) is 0 Å². The smallest absolute Gasteiger partial charge is 0.251 e. The normalized spacial score (nSPS) is 24.4. The van der Waals surface area contributed by atoms with Crippen LogP contribution in [0.5, 0.6) is 0 Å². The van der Waals surface area contributed by atoms with Crippen LogP contribution in [-0.2, 0) is 14.6 Å². The summed E-state index contributed by atoms with van der Waals surface area (Å²) in [4.78, 5) is 35.1. The molecule has 2 fully saturated rings. The second kappa shape index (κ2) is 7.79. The first-order valence-corrected chi connectivity index (χ1v) is 12.2. The summed E-state index contributed by atoms with van der Waals surface area (Å²) in [6.07, 6.45) is 2.55. The van der Waals surface area contributed by atoms with Crippen LogP contribution in [0.4, 0.5) is 0 Å². The Kier molecular flexibility index (Phi) is 5.37. The van der Waals surface area contributed by atoms with Crippen LogP contribution in [0.1, 0.15) is 37.4 Å². The summed E-state index contributed by atoms with van der Waals surface area (Å²) in [5.41, 5.74) is 0.473. The summed E-state index contributed by atoms with van der Waals surface area (Å²) in [5, 5.41) is 1.95. The van der Waals surface area contributed by atoms with Gasteiger partial charge in [0.15, 0.2) is 9.84 Å². The van der Waals surface area contributed by atoms with Gasteiger partial charge >= 0.3 is 0 Å². The first-order chi connectivity index (χ1) is 13.4. The molecule has 28 heavy (non-hydrogen) atoms. The average molecular weight is 422 g/mol. The van der Waals surface area contributed by atoms with Crippen molar-refractivity contribution < 1.29 is 13.2 Å². The third-order valence-corrected chi connectivity index (χ3v) is 8.21. The predicted molar refractivity (Wildman–Crippen MR) is 108 cm³/mol. The van der Waals surface area contributed by atoms with E-state index in [1.165, 1.54) is 17.4 Å². The number of nitrogens with zero attached hydrogens (tertiary/aromatic N) is 2. The minimum absolute atomic E-state index is 0.00329. The number of carbonyl (C=O) groups excluding carboxylic acids is 1. The molecular formula is C19H23N3O4S2.